The van der Waals surface area contributed by atoms with Gasteiger partial charge in [-0.3, -0.25) is 14.6 Å². The summed E-state index contributed by atoms with van der Waals surface area (Å²) in [5.41, 5.74) is 8.26. The van der Waals surface area contributed by atoms with Gasteiger partial charge >= 0.3 is 5.97 Å². The summed E-state index contributed by atoms with van der Waals surface area (Å²) in [5, 5.41) is 0. The summed E-state index contributed by atoms with van der Waals surface area (Å²) in [4.78, 5) is 31.9. The van der Waals surface area contributed by atoms with Crippen LogP contribution in [0.4, 0.5) is 4.39 Å². The summed E-state index contributed by atoms with van der Waals surface area (Å²) in [6.07, 6.45) is 3.89. The molecule has 0 radical (unpaired) electrons. The molecule has 0 spiro atoms. The van der Waals surface area contributed by atoms with Crippen LogP contribution in [0.2, 0.25) is 0 Å². The van der Waals surface area contributed by atoms with Crippen LogP contribution >= 0.6 is 0 Å². The second-order valence-electron chi connectivity index (χ2n) is 7.92. The molecular weight excluding hydrogens is 385 g/mol. The molecule has 6 nitrogen and oxygen atoms in total. The van der Waals surface area contributed by atoms with Crippen LogP contribution in [-0.2, 0) is 9.53 Å². The van der Waals surface area contributed by atoms with Gasteiger partial charge < -0.3 is 10.5 Å². The van der Waals surface area contributed by atoms with E-state index >= 15 is 0 Å². The van der Waals surface area contributed by atoms with Crippen molar-refractivity contribution in [2.75, 3.05) is 6.61 Å². The largest absolute Gasteiger partial charge is 0.466 e. The minimum absolute atomic E-state index is 0.0972. The van der Waals surface area contributed by atoms with Crippen LogP contribution in [-0.4, -0.2) is 28.5 Å². The third kappa shape index (κ3) is 4.83. The Labute approximate surface area is 176 Å². The molecule has 0 atom stereocenters. The number of amides is 1. The average molecular weight is 413 g/mol. The van der Waals surface area contributed by atoms with Crippen molar-refractivity contribution in [1.29, 1.82) is 0 Å². The first-order valence-corrected chi connectivity index (χ1v) is 10.4. The predicted molar refractivity (Wildman–Crippen MR) is 111 cm³/mol. The molecule has 1 fully saturated rings. The number of esters is 1. The highest BCUT2D eigenvalue weighted by Crippen LogP contribution is 2.39. The smallest absolute Gasteiger partial charge is 0.306 e. The second kappa shape index (κ2) is 9.32. The maximum Gasteiger partial charge on any atom is 0.306 e. The summed E-state index contributed by atoms with van der Waals surface area (Å²) in [5.74, 6) is -0.660. The van der Waals surface area contributed by atoms with Crippen LogP contribution in [0.1, 0.15) is 72.4 Å². The fourth-order valence-corrected chi connectivity index (χ4v) is 4.28. The highest BCUT2D eigenvalue weighted by Gasteiger charge is 2.26. The average Bonchev–Trinajstić information content (AvgIpc) is 2.68. The van der Waals surface area contributed by atoms with Crippen LogP contribution in [0.3, 0.4) is 0 Å². The van der Waals surface area contributed by atoms with Crippen molar-refractivity contribution in [3.63, 3.8) is 0 Å². The molecule has 1 aliphatic rings. The highest BCUT2D eigenvalue weighted by molar-refractivity contribution is 5.92. The van der Waals surface area contributed by atoms with Crippen molar-refractivity contribution in [3.8, 4) is 11.3 Å². The first kappa shape index (κ1) is 21.9. The molecule has 7 heteroatoms. The number of rotatable bonds is 6. The number of carbonyl (C=O) groups excluding carboxylic acids is 2. The minimum Gasteiger partial charge on any atom is -0.466 e. The normalized spacial score (nSPS) is 18.8. The Morgan fingerprint density at radius 1 is 1.13 bits per heavy atom. The van der Waals surface area contributed by atoms with Crippen LogP contribution in [0.25, 0.3) is 11.3 Å². The van der Waals surface area contributed by atoms with Gasteiger partial charge in [-0.2, -0.15) is 0 Å². The summed E-state index contributed by atoms with van der Waals surface area (Å²) >= 11 is 0. The van der Waals surface area contributed by atoms with Crippen molar-refractivity contribution in [2.45, 2.75) is 58.8 Å². The first-order chi connectivity index (χ1) is 14.3. The van der Waals surface area contributed by atoms with E-state index in [-0.39, 0.29) is 23.4 Å². The number of carbonyl (C=O) groups is 2. The molecule has 0 bridgehead atoms. The van der Waals surface area contributed by atoms with E-state index in [9.17, 15) is 14.0 Å². The van der Waals surface area contributed by atoms with E-state index in [4.69, 9.17) is 10.5 Å². The summed E-state index contributed by atoms with van der Waals surface area (Å²) in [6.45, 7) is 5.65. The van der Waals surface area contributed by atoms with Gasteiger partial charge in [0.2, 0.25) is 0 Å². The topological polar surface area (TPSA) is 95.2 Å². The standard InChI is InChI=1S/C23H28FN3O3/c1-4-30-20(28)11-15-5-7-16(8-6-15)18-10-9-17(12-19(18)24)21-13(2)26-14(3)22(27-21)23(25)29/h9-10,12,15-16H,4-8,11H2,1-3H3,(H2,25,29). The number of primary amides is 1. The molecule has 0 saturated heterocycles. The number of nitrogens with two attached hydrogens (primary N) is 1. The number of ether oxygens (including phenoxy) is 1. The molecule has 2 N–H and O–H groups in total. The fourth-order valence-electron chi connectivity index (χ4n) is 4.28. The number of hydrogen-bond donors (Lipinski definition) is 1. The molecule has 0 aliphatic heterocycles. The summed E-state index contributed by atoms with van der Waals surface area (Å²) in [6, 6.07) is 5.07. The Morgan fingerprint density at radius 2 is 1.83 bits per heavy atom. The van der Waals surface area contributed by atoms with Gasteiger partial charge in [-0.05, 0) is 69.9 Å². The van der Waals surface area contributed by atoms with Gasteiger partial charge in [-0.15, -0.1) is 0 Å². The molecule has 30 heavy (non-hydrogen) atoms. The molecule has 2 aromatic rings. The third-order valence-electron chi connectivity index (χ3n) is 5.80. The van der Waals surface area contributed by atoms with Crippen molar-refractivity contribution in [3.05, 3.63) is 46.7 Å². The zero-order valence-electron chi connectivity index (χ0n) is 17.7. The Bertz CT molecular complexity index is 953. The van der Waals surface area contributed by atoms with E-state index in [0.29, 0.717) is 47.2 Å². The molecular formula is C23H28FN3O3. The zero-order chi connectivity index (χ0) is 21.8. The number of hydrogen-bond acceptors (Lipinski definition) is 5. The van der Waals surface area contributed by atoms with Crippen LogP contribution in [0.5, 0.6) is 0 Å². The van der Waals surface area contributed by atoms with Gasteiger partial charge in [0.15, 0.2) is 0 Å². The molecule has 1 heterocycles. The lowest BCUT2D eigenvalue weighted by Crippen LogP contribution is -2.18. The summed E-state index contributed by atoms with van der Waals surface area (Å²) in [7, 11) is 0. The van der Waals surface area contributed by atoms with Crippen molar-refractivity contribution < 1.29 is 18.7 Å². The number of aromatic nitrogens is 2. The van der Waals surface area contributed by atoms with Crippen LogP contribution in [0, 0.1) is 25.6 Å². The molecule has 1 aliphatic carbocycles. The van der Waals surface area contributed by atoms with Gasteiger partial charge in [-0.25, -0.2) is 9.37 Å². The van der Waals surface area contributed by atoms with E-state index < -0.39 is 5.91 Å². The lowest BCUT2D eigenvalue weighted by atomic mass is 9.77. The first-order valence-electron chi connectivity index (χ1n) is 10.4. The van der Waals surface area contributed by atoms with Gasteiger partial charge in [0.1, 0.15) is 11.5 Å². The maximum absolute atomic E-state index is 15.0. The number of benzene rings is 1. The van der Waals surface area contributed by atoms with Gasteiger partial charge in [-0.1, -0.05) is 12.1 Å². The fraction of sp³-hybridized carbons (Fsp3) is 0.478. The SMILES string of the molecule is CCOC(=O)CC1CCC(c2ccc(-c3nc(C(N)=O)c(C)nc3C)cc2F)CC1. The Morgan fingerprint density at radius 3 is 2.43 bits per heavy atom. The Kier molecular flexibility index (Phi) is 6.80. The maximum atomic E-state index is 15.0. The van der Waals surface area contributed by atoms with Crippen molar-refractivity contribution in [2.24, 2.45) is 11.7 Å². The molecule has 0 unspecified atom stereocenters. The van der Waals surface area contributed by atoms with Crippen molar-refractivity contribution in [1.82, 2.24) is 9.97 Å². The van der Waals surface area contributed by atoms with E-state index in [1.807, 2.05) is 6.07 Å². The molecule has 1 aromatic heterocycles. The number of halogens is 1. The molecule has 160 valence electrons. The van der Waals surface area contributed by atoms with E-state index in [0.717, 1.165) is 25.7 Å². The van der Waals surface area contributed by atoms with E-state index in [1.54, 1.807) is 26.8 Å². The quantitative estimate of drug-likeness (QED) is 0.715. The Hall–Kier alpha value is -2.83. The van der Waals surface area contributed by atoms with Crippen LogP contribution < -0.4 is 5.73 Å². The lowest BCUT2D eigenvalue weighted by molar-refractivity contribution is -0.144. The second-order valence-corrected chi connectivity index (χ2v) is 7.92. The summed E-state index contributed by atoms with van der Waals surface area (Å²) < 4.78 is 20.0. The zero-order valence-corrected chi connectivity index (χ0v) is 17.7. The van der Waals surface area contributed by atoms with Gasteiger partial charge in [0.05, 0.1) is 23.7 Å². The van der Waals surface area contributed by atoms with E-state index in [2.05, 4.69) is 9.97 Å². The van der Waals surface area contributed by atoms with Gasteiger partial charge in [0.25, 0.3) is 5.91 Å². The predicted octanol–water partition coefficient (Wildman–Crippen LogP) is 4.23. The lowest BCUT2D eigenvalue weighted by Gasteiger charge is -2.28. The number of aryl methyl sites for hydroxylation is 2. The molecule has 1 saturated carbocycles. The highest BCUT2D eigenvalue weighted by atomic mass is 19.1. The molecule has 1 aromatic carbocycles. The minimum atomic E-state index is -0.655. The number of nitrogens with zero attached hydrogens (tertiary/aromatic N) is 2. The van der Waals surface area contributed by atoms with E-state index in [1.165, 1.54) is 6.07 Å². The van der Waals surface area contributed by atoms with Crippen molar-refractivity contribution >= 4 is 11.9 Å². The van der Waals surface area contributed by atoms with Gasteiger partial charge in [0, 0.05) is 12.0 Å². The molecule has 3 rings (SSSR count). The van der Waals surface area contributed by atoms with Crippen LogP contribution in [0.15, 0.2) is 18.2 Å². The third-order valence-corrected chi connectivity index (χ3v) is 5.80. The monoisotopic (exact) mass is 413 g/mol. The molecule has 1 amide bonds. The Balaban J connectivity index is 1.75.